The van der Waals surface area contributed by atoms with Crippen molar-refractivity contribution in [3.63, 3.8) is 0 Å². The molecule has 0 spiro atoms. The first-order valence-electron chi connectivity index (χ1n) is 8.14. The van der Waals surface area contributed by atoms with Crippen LogP contribution in [0, 0.1) is 0 Å². The van der Waals surface area contributed by atoms with Gasteiger partial charge in [0.2, 0.25) is 5.91 Å². The van der Waals surface area contributed by atoms with Gasteiger partial charge in [-0.1, -0.05) is 48.0 Å². The van der Waals surface area contributed by atoms with Crippen molar-refractivity contribution in [1.82, 2.24) is 5.32 Å². The minimum absolute atomic E-state index is 0.186. The van der Waals surface area contributed by atoms with Crippen LogP contribution in [0.25, 0.3) is 6.08 Å². The van der Waals surface area contributed by atoms with Crippen LogP contribution in [0.4, 0.5) is 0 Å². The Hall–Kier alpha value is -2.57. The van der Waals surface area contributed by atoms with E-state index >= 15 is 0 Å². The average molecular weight is 404 g/mol. The molecule has 1 N–H and O–H groups in total. The van der Waals surface area contributed by atoms with E-state index < -0.39 is 24.4 Å². The van der Waals surface area contributed by atoms with Gasteiger partial charge in [0.15, 0.2) is 6.61 Å². The molecule has 0 heterocycles. The summed E-state index contributed by atoms with van der Waals surface area (Å²) in [6, 6.07) is 16.6. The Labute approximate surface area is 166 Å². The second-order valence-electron chi connectivity index (χ2n) is 5.35. The fourth-order valence-corrected chi connectivity index (χ4v) is 3.06. The van der Waals surface area contributed by atoms with Crippen molar-refractivity contribution >= 4 is 47.2 Å². The molecular weight excluding hydrogens is 386 g/mol. The Kier molecular flexibility index (Phi) is 8.61. The Bertz CT molecular complexity index is 824. The highest BCUT2D eigenvalue weighted by molar-refractivity contribution is 7.99. The van der Waals surface area contributed by atoms with Gasteiger partial charge in [-0.2, -0.15) is 0 Å². The van der Waals surface area contributed by atoms with Crippen LogP contribution in [0.2, 0.25) is 5.02 Å². The third kappa shape index (κ3) is 8.11. The quantitative estimate of drug-likeness (QED) is 0.413. The Morgan fingerprint density at radius 1 is 1.00 bits per heavy atom. The van der Waals surface area contributed by atoms with E-state index in [1.165, 1.54) is 23.9 Å². The van der Waals surface area contributed by atoms with Gasteiger partial charge in [0.1, 0.15) is 0 Å². The number of hydrogen-bond acceptors (Lipinski definition) is 5. The van der Waals surface area contributed by atoms with Crippen molar-refractivity contribution in [2.24, 2.45) is 0 Å². The van der Waals surface area contributed by atoms with Gasteiger partial charge in [0.25, 0.3) is 5.91 Å². The van der Waals surface area contributed by atoms with E-state index in [1.54, 1.807) is 24.3 Å². The first-order valence-corrected chi connectivity index (χ1v) is 9.51. The van der Waals surface area contributed by atoms with Crippen molar-refractivity contribution in [1.29, 1.82) is 0 Å². The SMILES string of the molecule is O=C(CCSc1ccccc1)NC(=O)COC(=O)/C=C/c1ccccc1Cl. The van der Waals surface area contributed by atoms with E-state index in [0.29, 0.717) is 16.3 Å². The smallest absolute Gasteiger partial charge is 0.331 e. The highest BCUT2D eigenvalue weighted by atomic mass is 35.5. The lowest BCUT2D eigenvalue weighted by Crippen LogP contribution is -2.34. The number of halogens is 1. The van der Waals surface area contributed by atoms with E-state index in [9.17, 15) is 14.4 Å². The molecule has 0 aliphatic heterocycles. The summed E-state index contributed by atoms with van der Waals surface area (Å²) in [6.45, 7) is -0.525. The summed E-state index contributed by atoms with van der Waals surface area (Å²) in [4.78, 5) is 36.1. The van der Waals surface area contributed by atoms with Crippen LogP contribution < -0.4 is 5.32 Å². The van der Waals surface area contributed by atoms with Gasteiger partial charge >= 0.3 is 5.97 Å². The molecule has 0 aromatic heterocycles. The summed E-state index contributed by atoms with van der Waals surface area (Å²) < 4.78 is 4.80. The van der Waals surface area contributed by atoms with Crippen molar-refractivity contribution in [2.45, 2.75) is 11.3 Å². The van der Waals surface area contributed by atoms with Crippen molar-refractivity contribution in [3.05, 3.63) is 71.3 Å². The predicted octanol–water partition coefficient (Wildman–Crippen LogP) is 3.72. The lowest BCUT2D eigenvalue weighted by atomic mass is 10.2. The molecule has 5 nitrogen and oxygen atoms in total. The summed E-state index contributed by atoms with van der Waals surface area (Å²) in [7, 11) is 0. The summed E-state index contributed by atoms with van der Waals surface area (Å²) >= 11 is 7.49. The molecule has 0 unspecified atom stereocenters. The second-order valence-corrected chi connectivity index (χ2v) is 6.92. The van der Waals surface area contributed by atoms with Crippen molar-refractivity contribution < 1.29 is 19.1 Å². The molecule has 0 aliphatic carbocycles. The number of thioether (sulfide) groups is 1. The topological polar surface area (TPSA) is 72.5 Å². The van der Waals surface area contributed by atoms with E-state index in [0.717, 1.165) is 4.90 Å². The Morgan fingerprint density at radius 3 is 2.44 bits per heavy atom. The van der Waals surface area contributed by atoms with Crippen LogP contribution >= 0.6 is 23.4 Å². The zero-order valence-corrected chi connectivity index (χ0v) is 16.0. The van der Waals surface area contributed by atoms with Crippen LogP contribution in [-0.2, 0) is 19.1 Å². The predicted molar refractivity (Wildman–Crippen MR) is 106 cm³/mol. The first kappa shape index (κ1) is 20.7. The van der Waals surface area contributed by atoms with Gasteiger partial charge < -0.3 is 4.74 Å². The van der Waals surface area contributed by atoms with Crippen LogP contribution in [-0.4, -0.2) is 30.1 Å². The molecule has 0 saturated heterocycles. The number of carbonyl (C=O) groups excluding carboxylic acids is 3. The number of nitrogens with one attached hydrogen (secondary N) is 1. The number of imide groups is 1. The van der Waals surface area contributed by atoms with Gasteiger partial charge in [-0.25, -0.2) is 4.79 Å². The Morgan fingerprint density at radius 2 is 1.70 bits per heavy atom. The third-order valence-electron chi connectivity index (χ3n) is 3.27. The maximum atomic E-state index is 11.7. The van der Waals surface area contributed by atoms with Gasteiger partial charge in [-0.15, -0.1) is 11.8 Å². The minimum Gasteiger partial charge on any atom is -0.452 e. The van der Waals surface area contributed by atoms with Gasteiger partial charge in [-0.05, 0) is 29.8 Å². The van der Waals surface area contributed by atoms with Crippen LogP contribution in [0.3, 0.4) is 0 Å². The van der Waals surface area contributed by atoms with Crippen molar-refractivity contribution in [3.8, 4) is 0 Å². The standard InChI is InChI=1S/C20H18ClNO4S/c21-17-9-5-4-6-15(17)10-11-20(25)26-14-19(24)22-18(23)12-13-27-16-7-2-1-3-8-16/h1-11H,12-14H2,(H,22,23,24)/b11-10+. The van der Waals surface area contributed by atoms with Crippen LogP contribution in [0.15, 0.2) is 65.6 Å². The molecule has 7 heteroatoms. The molecule has 0 saturated carbocycles. The number of ether oxygens (including phenoxy) is 1. The van der Waals surface area contributed by atoms with E-state index in [-0.39, 0.29) is 6.42 Å². The number of benzene rings is 2. The molecule has 0 aliphatic rings. The number of hydrogen-bond donors (Lipinski definition) is 1. The summed E-state index contributed by atoms with van der Waals surface area (Å²) in [5.41, 5.74) is 0.659. The largest absolute Gasteiger partial charge is 0.452 e. The molecule has 2 aromatic rings. The van der Waals surface area contributed by atoms with Gasteiger partial charge in [0, 0.05) is 28.2 Å². The van der Waals surface area contributed by atoms with Gasteiger partial charge in [0.05, 0.1) is 0 Å². The van der Waals surface area contributed by atoms with Crippen molar-refractivity contribution in [2.75, 3.05) is 12.4 Å². The highest BCUT2D eigenvalue weighted by Crippen LogP contribution is 2.17. The number of esters is 1. The monoisotopic (exact) mass is 403 g/mol. The first-order chi connectivity index (χ1) is 13.0. The normalized spacial score (nSPS) is 10.6. The molecule has 0 bridgehead atoms. The maximum absolute atomic E-state index is 11.7. The summed E-state index contributed by atoms with van der Waals surface area (Å²) in [6.07, 6.45) is 2.85. The molecule has 2 rings (SSSR count). The number of rotatable bonds is 8. The van der Waals surface area contributed by atoms with E-state index in [2.05, 4.69) is 5.32 Å². The minimum atomic E-state index is -0.697. The Balaban J connectivity index is 1.65. The third-order valence-corrected chi connectivity index (χ3v) is 4.63. The van der Waals surface area contributed by atoms with Crippen LogP contribution in [0.1, 0.15) is 12.0 Å². The van der Waals surface area contributed by atoms with E-state index in [1.807, 2.05) is 30.3 Å². The highest BCUT2D eigenvalue weighted by Gasteiger charge is 2.10. The number of carbonyl (C=O) groups is 3. The molecule has 27 heavy (non-hydrogen) atoms. The second kappa shape index (κ2) is 11.2. The molecule has 2 amide bonds. The summed E-state index contributed by atoms with van der Waals surface area (Å²) in [5.74, 6) is -1.23. The lowest BCUT2D eigenvalue weighted by Gasteiger charge is -2.05. The zero-order chi connectivity index (χ0) is 19.5. The molecule has 0 fully saturated rings. The number of amides is 2. The summed E-state index contributed by atoms with van der Waals surface area (Å²) in [5, 5.41) is 2.69. The van der Waals surface area contributed by atoms with E-state index in [4.69, 9.17) is 16.3 Å². The zero-order valence-electron chi connectivity index (χ0n) is 14.4. The molecule has 2 aromatic carbocycles. The fourth-order valence-electron chi connectivity index (χ4n) is 1.99. The molecular formula is C20H18ClNO4S. The average Bonchev–Trinajstić information content (AvgIpc) is 2.66. The van der Waals surface area contributed by atoms with Gasteiger partial charge in [-0.3, -0.25) is 14.9 Å². The molecule has 0 radical (unpaired) electrons. The lowest BCUT2D eigenvalue weighted by molar-refractivity contribution is -0.145. The molecule has 0 atom stereocenters. The van der Waals surface area contributed by atoms with Crippen LogP contribution in [0.5, 0.6) is 0 Å². The molecule has 140 valence electrons. The maximum Gasteiger partial charge on any atom is 0.331 e. The fraction of sp³-hybridized carbons (Fsp3) is 0.150.